The molecule has 0 aromatic carbocycles. The van der Waals surface area contributed by atoms with Gasteiger partial charge in [0.15, 0.2) is 0 Å². The zero-order valence-electron chi connectivity index (χ0n) is 12.7. The maximum Gasteiger partial charge on any atom is 0.221 e. The number of amides is 1. The maximum atomic E-state index is 11.9. The summed E-state index contributed by atoms with van der Waals surface area (Å²) in [5, 5.41) is 3.02. The van der Waals surface area contributed by atoms with Gasteiger partial charge >= 0.3 is 0 Å². The fourth-order valence-corrected chi connectivity index (χ4v) is 2.91. The number of nitrogens with zero attached hydrogens (tertiary/aromatic N) is 1. The van der Waals surface area contributed by atoms with Gasteiger partial charge in [0.2, 0.25) is 5.91 Å². The molecule has 0 heterocycles. The number of carbonyl (C=O) groups is 1. The van der Waals surface area contributed by atoms with Crippen LogP contribution in [0.2, 0.25) is 0 Å². The van der Waals surface area contributed by atoms with Crippen molar-refractivity contribution < 1.29 is 4.79 Å². The molecule has 4 nitrogen and oxygen atoms in total. The van der Waals surface area contributed by atoms with Crippen LogP contribution in [0.3, 0.4) is 0 Å². The number of hydrogen-bond acceptors (Lipinski definition) is 3. The van der Waals surface area contributed by atoms with Gasteiger partial charge < -0.3 is 16.0 Å². The van der Waals surface area contributed by atoms with E-state index in [0.717, 1.165) is 45.4 Å². The number of carbonyl (C=O) groups excluding carboxylic acids is 1. The molecule has 0 radical (unpaired) electrons. The van der Waals surface area contributed by atoms with Crippen LogP contribution in [0.4, 0.5) is 0 Å². The molecule has 19 heavy (non-hydrogen) atoms. The standard InChI is InChI=1S/C15H31N3O/c1-3-11-18(4-2)12-10-17-14(19)13-15(16)8-6-5-7-9-15/h3-13,16H2,1-2H3,(H,17,19). The lowest BCUT2D eigenvalue weighted by Gasteiger charge is -2.32. The minimum Gasteiger partial charge on any atom is -0.355 e. The molecule has 0 spiro atoms. The largest absolute Gasteiger partial charge is 0.355 e. The smallest absolute Gasteiger partial charge is 0.221 e. The highest BCUT2D eigenvalue weighted by molar-refractivity contribution is 5.77. The van der Waals surface area contributed by atoms with Crippen LogP contribution in [-0.2, 0) is 4.79 Å². The summed E-state index contributed by atoms with van der Waals surface area (Å²) in [5.74, 6) is 0.122. The zero-order chi connectivity index (χ0) is 14.1. The summed E-state index contributed by atoms with van der Waals surface area (Å²) in [6.07, 6.45) is 7.26. The molecule has 1 aliphatic carbocycles. The van der Waals surface area contributed by atoms with Crippen molar-refractivity contribution in [2.45, 2.75) is 64.3 Å². The first kappa shape index (κ1) is 16.4. The Morgan fingerprint density at radius 1 is 1.21 bits per heavy atom. The summed E-state index contributed by atoms with van der Waals surface area (Å²) < 4.78 is 0. The van der Waals surface area contributed by atoms with Gasteiger partial charge in [0, 0.05) is 25.0 Å². The van der Waals surface area contributed by atoms with E-state index in [2.05, 4.69) is 24.1 Å². The van der Waals surface area contributed by atoms with Crippen LogP contribution in [0.25, 0.3) is 0 Å². The normalized spacial score (nSPS) is 18.5. The van der Waals surface area contributed by atoms with Crippen molar-refractivity contribution in [1.82, 2.24) is 10.2 Å². The van der Waals surface area contributed by atoms with Crippen LogP contribution in [0, 0.1) is 0 Å². The van der Waals surface area contributed by atoms with Gasteiger partial charge in [-0.15, -0.1) is 0 Å². The molecule has 1 fully saturated rings. The second-order valence-electron chi connectivity index (χ2n) is 5.88. The molecule has 112 valence electrons. The van der Waals surface area contributed by atoms with E-state index in [-0.39, 0.29) is 11.4 Å². The Morgan fingerprint density at radius 3 is 2.47 bits per heavy atom. The molecule has 0 aromatic heterocycles. The van der Waals surface area contributed by atoms with Gasteiger partial charge in [-0.1, -0.05) is 33.1 Å². The molecule has 0 saturated heterocycles. The van der Waals surface area contributed by atoms with Crippen molar-refractivity contribution in [3.63, 3.8) is 0 Å². The molecular weight excluding hydrogens is 238 g/mol. The highest BCUT2D eigenvalue weighted by Gasteiger charge is 2.29. The lowest BCUT2D eigenvalue weighted by atomic mass is 9.80. The number of hydrogen-bond donors (Lipinski definition) is 2. The molecular formula is C15H31N3O. The van der Waals surface area contributed by atoms with Crippen LogP contribution < -0.4 is 11.1 Å². The van der Waals surface area contributed by atoms with Gasteiger partial charge in [0.05, 0.1) is 0 Å². The van der Waals surface area contributed by atoms with Gasteiger partial charge in [-0.25, -0.2) is 0 Å². The van der Waals surface area contributed by atoms with E-state index in [1.54, 1.807) is 0 Å². The Bertz CT molecular complexity index is 262. The molecule has 1 rings (SSSR count). The van der Waals surface area contributed by atoms with Gasteiger partial charge in [-0.2, -0.15) is 0 Å². The van der Waals surface area contributed by atoms with E-state index in [1.165, 1.54) is 19.3 Å². The van der Waals surface area contributed by atoms with Crippen LogP contribution in [-0.4, -0.2) is 42.5 Å². The molecule has 0 aromatic rings. The van der Waals surface area contributed by atoms with Crippen LogP contribution in [0.15, 0.2) is 0 Å². The van der Waals surface area contributed by atoms with Crippen molar-refractivity contribution in [2.75, 3.05) is 26.2 Å². The van der Waals surface area contributed by atoms with E-state index in [1.807, 2.05) is 0 Å². The minimum atomic E-state index is -0.240. The summed E-state index contributed by atoms with van der Waals surface area (Å²) in [6, 6.07) is 0. The van der Waals surface area contributed by atoms with Gasteiger partial charge in [-0.3, -0.25) is 4.79 Å². The quantitative estimate of drug-likeness (QED) is 0.707. The number of rotatable bonds is 8. The highest BCUT2D eigenvalue weighted by atomic mass is 16.1. The lowest BCUT2D eigenvalue weighted by Crippen LogP contribution is -2.46. The van der Waals surface area contributed by atoms with Gasteiger partial charge in [-0.05, 0) is 32.4 Å². The van der Waals surface area contributed by atoms with E-state index in [4.69, 9.17) is 5.73 Å². The van der Waals surface area contributed by atoms with Crippen molar-refractivity contribution in [3.8, 4) is 0 Å². The molecule has 0 bridgehead atoms. The first-order chi connectivity index (χ1) is 9.09. The summed E-state index contributed by atoms with van der Waals surface area (Å²) >= 11 is 0. The molecule has 1 saturated carbocycles. The monoisotopic (exact) mass is 269 g/mol. The third kappa shape index (κ3) is 6.39. The predicted octanol–water partition coefficient (Wildman–Crippen LogP) is 1.89. The lowest BCUT2D eigenvalue weighted by molar-refractivity contribution is -0.122. The van der Waals surface area contributed by atoms with E-state index >= 15 is 0 Å². The fourth-order valence-electron chi connectivity index (χ4n) is 2.91. The Balaban J connectivity index is 2.20. The first-order valence-corrected chi connectivity index (χ1v) is 7.87. The average Bonchev–Trinajstić information content (AvgIpc) is 2.38. The Morgan fingerprint density at radius 2 is 1.89 bits per heavy atom. The van der Waals surface area contributed by atoms with Crippen LogP contribution in [0.1, 0.15) is 58.8 Å². The SMILES string of the molecule is CCCN(CC)CCNC(=O)CC1(N)CCCCC1. The average molecular weight is 269 g/mol. The molecule has 1 amide bonds. The summed E-state index contributed by atoms with van der Waals surface area (Å²) in [5.41, 5.74) is 6.05. The summed E-state index contributed by atoms with van der Waals surface area (Å²) in [6.45, 7) is 8.17. The highest BCUT2D eigenvalue weighted by Crippen LogP contribution is 2.28. The predicted molar refractivity (Wildman–Crippen MR) is 80.0 cm³/mol. The molecule has 0 aliphatic heterocycles. The summed E-state index contributed by atoms with van der Waals surface area (Å²) in [4.78, 5) is 14.3. The van der Waals surface area contributed by atoms with E-state index in [9.17, 15) is 4.79 Å². The Kier molecular flexibility index (Phi) is 7.39. The maximum absolute atomic E-state index is 11.9. The van der Waals surface area contributed by atoms with Gasteiger partial charge in [0.1, 0.15) is 0 Å². The second kappa shape index (κ2) is 8.54. The number of nitrogens with two attached hydrogens (primary N) is 1. The van der Waals surface area contributed by atoms with Crippen LogP contribution in [0.5, 0.6) is 0 Å². The molecule has 4 heteroatoms. The Labute approximate surface area is 118 Å². The van der Waals surface area contributed by atoms with Crippen molar-refractivity contribution in [1.29, 1.82) is 0 Å². The summed E-state index contributed by atoms with van der Waals surface area (Å²) in [7, 11) is 0. The third-order valence-corrected chi connectivity index (χ3v) is 4.10. The fraction of sp³-hybridized carbons (Fsp3) is 0.933. The Hall–Kier alpha value is -0.610. The number of nitrogens with one attached hydrogen (secondary N) is 1. The third-order valence-electron chi connectivity index (χ3n) is 4.10. The zero-order valence-corrected chi connectivity index (χ0v) is 12.7. The van der Waals surface area contributed by atoms with Crippen molar-refractivity contribution >= 4 is 5.91 Å². The second-order valence-corrected chi connectivity index (χ2v) is 5.88. The van der Waals surface area contributed by atoms with E-state index < -0.39 is 0 Å². The van der Waals surface area contributed by atoms with Crippen LogP contribution >= 0.6 is 0 Å². The minimum absolute atomic E-state index is 0.122. The molecule has 0 unspecified atom stereocenters. The van der Waals surface area contributed by atoms with Crippen molar-refractivity contribution in [3.05, 3.63) is 0 Å². The number of likely N-dealkylation sites (N-methyl/N-ethyl adjacent to an activating group) is 1. The van der Waals surface area contributed by atoms with Gasteiger partial charge in [0.25, 0.3) is 0 Å². The molecule has 0 atom stereocenters. The van der Waals surface area contributed by atoms with E-state index in [0.29, 0.717) is 6.42 Å². The van der Waals surface area contributed by atoms with Crippen molar-refractivity contribution in [2.24, 2.45) is 5.73 Å². The molecule has 3 N–H and O–H groups in total. The molecule has 1 aliphatic rings. The first-order valence-electron chi connectivity index (χ1n) is 7.87. The topological polar surface area (TPSA) is 58.4 Å².